The summed E-state index contributed by atoms with van der Waals surface area (Å²) >= 11 is 0. The molecule has 1 unspecified atom stereocenters. The van der Waals surface area contributed by atoms with Crippen molar-refractivity contribution in [1.82, 2.24) is 5.32 Å². The summed E-state index contributed by atoms with van der Waals surface area (Å²) in [6.45, 7) is 3.37. The third kappa shape index (κ3) is 2.61. The minimum absolute atomic E-state index is 0.260. The molecule has 1 aliphatic heterocycles. The van der Waals surface area contributed by atoms with Crippen LogP contribution in [0.15, 0.2) is 12.1 Å². The number of hydrogen-bond donors (Lipinski definition) is 1. The molecule has 0 saturated carbocycles. The largest absolute Gasteiger partial charge is 0.371 e. The Kier molecular flexibility index (Phi) is 3.69. The Morgan fingerprint density at radius 1 is 1.41 bits per heavy atom. The number of halogens is 3. The molecule has 1 fully saturated rings. The van der Waals surface area contributed by atoms with E-state index in [0.717, 1.165) is 12.6 Å². The molecule has 1 N–H and O–H groups in total. The number of aryl methyl sites for hydroxylation is 1. The van der Waals surface area contributed by atoms with Crippen LogP contribution in [0.25, 0.3) is 0 Å². The summed E-state index contributed by atoms with van der Waals surface area (Å²) in [5.41, 5.74) is 0.360. The number of ether oxygens (including phenoxy) is 1. The van der Waals surface area contributed by atoms with Gasteiger partial charge in [0.2, 0.25) is 0 Å². The zero-order valence-corrected chi connectivity index (χ0v) is 9.47. The van der Waals surface area contributed by atoms with E-state index in [-0.39, 0.29) is 11.7 Å². The molecule has 1 saturated heterocycles. The van der Waals surface area contributed by atoms with Gasteiger partial charge in [0, 0.05) is 13.1 Å². The molecule has 0 aliphatic carbocycles. The summed E-state index contributed by atoms with van der Waals surface area (Å²) in [5, 5.41) is 3.11. The second-order valence-electron chi connectivity index (χ2n) is 4.10. The number of hydrogen-bond acceptors (Lipinski definition) is 2. The van der Waals surface area contributed by atoms with E-state index < -0.39 is 17.8 Å². The van der Waals surface area contributed by atoms with Gasteiger partial charge < -0.3 is 10.1 Å². The van der Waals surface area contributed by atoms with E-state index in [1.165, 1.54) is 6.92 Å². The van der Waals surface area contributed by atoms with Crippen molar-refractivity contribution in [3.8, 4) is 0 Å². The summed E-state index contributed by atoms with van der Waals surface area (Å²) in [5.74, 6) is -0.857. The van der Waals surface area contributed by atoms with E-state index in [9.17, 15) is 13.2 Å². The number of alkyl halides is 2. The Balaban J connectivity index is 2.31. The smallest absolute Gasteiger partial charge is 0.266 e. The summed E-state index contributed by atoms with van der Waals surface area (Å²) in [4.78, 5) is 0. The van der Waals surface area contributed by atoms with Crippen LogP contribution in [-0.4, -0.2) is 19.7 Å². The summed E-state index contributed by atoms with van der Waals surface area (Å²) in [6, 6.07) is 2.72. The highest BCUT2D eigenvalue weighted by atomic mass is 19.3. The van der Waals surface area contributed by atoms with Gasteiger partial charge in [-0.2, -0.15) is 0 Å². The Morgan fingerprint density at radius 2 is 2.18 bits per heavy atom. The van der Waals surface area contributed by atoms with Crippen molar-refractivity contribution in [2.45, 2.75) is 19.5 Å². The molecule has 1 aromatic rings. The lowest BCUT2D eigenvalue weighted by atomic mass is 10.0. The molecule has 0 aromatic heterocycles. The molecule has 17 heavy (non-hydrogen) atoms. The highest BCUT2D eigenvalue weighted by Gasteiger charge is 2.21. The molecule has 2 nitrogen and oxygen atoms in total. The van der Waals surface area contributed by atoms with Crippen LogP contribution in [0.4, 0.5) is 13.2 Å². The Hall–Kier alpha value is -1.07. The van der Waals surface area contributed by atoms with Crippen LogP contribution in [0.2, 0.25) is 0 Å². The van der Waals surface area contributed by atoms with Crippen LogP contribution in [-0.2, 0) is 4.74 Å². The monoisotopic (exact) mass is 245 g/mol. The second kappa shape index (κ2) is 5.06. The van der Waals surface area contributed by atoms with E-state index in [1.54, 1.807) is 6.07 Å². The lowest BCUT2D eigenvalue weighted by Crippen LogP contribution is -2.33. The molecular formula is C12H14F3NO. The van der Waals surface area contributed by atoms with Crippen molar-refractivity contribution < 1.29 is 17.9 Å². The molecule has 1 atom stereocenters. The average molecular weight is 245 g/mol. The lowest BCUT2D eigenvalue weighted by Gasteiger charge is -2.24. The Labute approximate surface area is 97.8 Å². The minimum atomic E-state index is -2.78. The molecule has 0 bridgehead atoms. The fourth-order valence-electron chi connectivity index (χ4n) is 2.02. The molecule has 0 amide bonds. The predicted molar refractivity (Wildman–Crippen MR) is 57.7 cm³/mol. The first-order valence-corrected chi connectivity index (χ1v) is 5.50. The van der Waals surface area contributed by atoms with Gasteiger partial charge in [0.25, 0.3) is 6.43 Å². The SMILES string of the molecule is Cc1cc(C2CNCCO2)cc(F)c1C(F)F. The van der Waals surface area contributed by atoms with Crippen LogP contribution >= 0.6 is 0 Å². The first-order chi connectivity index (χ1) is 8.09. The van der Waals surface area contributed by atoms with Gasteiger partial charge in [0.15, 0.2) is 0 Å². The molecule has 1 heterocycles. The number of nitrogens with one attached hydrogen (secondary N) is 1. The van der Waals surface area contributed by atoms with Crippen LogP contribution in [0.3, 0.4) is 0 Å². The van der Waals surface area contributed by atoms with Crippen molar-refractivity contribution in [3.05, 3.63) is 34.6 Å². The van der Waals surface area contributed by atoms with Crippen LogP contribution in [0, 0.1) is 12.7 Å². The van der Waals surface area contributed by atoms with Gasteiger partial charge in [0.05, 0.1) is 18.3 Å². The number of morpholine rings is 1. The van der Waals surface area contributed by atoms with Gasteiger partial charge in [-0.15, -0.1) is 0 Å². The van der Waals surface area contributed by atoms with Gasteiger partial charge in [-0.05, 0) is 24.1 Å². The molecule has 0 spiro atoms. The average Bonchev–Trinajstić information content (AvgIpc) is 2.28. The normalized spacial score (nSPS) is 20.9. The highest BCUT2D eigenvalue weighted by Crippen LogP contribution is 2.29. The van der Waals surface area contributed by atoms with E-state index in [0.29, 0.717) is 18.7 Å². The maximum atomic E-state index is 13.6. The van der Waals surface area contributed by atoms with Gasteiger partial charge in [-0.1, -0.05) is 6.07 Å². The van der Waals surface area contributed by atoms with Crippen LogP contribution in [0.5, 0.6) is 0 Å². The fraction of sp³-hybridized carbons (Fsp3) is 0.500. The molecule has 1 aliphatic rings. The van der Waals surface area contributed by atoms with Crippen molar-refractivity contribution >= 4 is 0 Å². The van der Waals surface area contributed by atoms with Crippen molar-refractivity contribution in [3.63, 3.8) is 0 Å². The summed E-state index contributed by atoms with van der Waals surface area (Å²) < 4.78 is 44.2. The number of benzene rings is 1. The number of rotatable bonds is 2. The highest BCUT2D eigenvalue weighted by molar-refractivity contribution is 5.34. The maximum Gasteiger partial charge on any atom is 0.266 e. The standard InChI is InChI=1S/C12H14F3NO/c1-7-4-8(10-6-16-2-3-17-10)5-9(13)11(7)12(14)15/h4-5,10,12,16H,2-3,6H2,1H3. The second-order valence-corrected chi connectivity index (χ2v) is 4.10. The molecular weight excluding hydrogens is 231 g/mol. The third-order valence-electron chi connectivity index (χ3n) is 2.88. The van der Waals surface area contributed by atoms with E-state index in [2.05, 4.69) is 5.32 Å². The van der Waals surface area contributed by atoms with E-state index >= 15 is 0 Å². The third-order valence-corrected chi connectivity index (χ3v) is 2.88. The molecule has 5 heteroatoms. The van der Waals surface area contributed by atoms with Crippen LogP contribution < -0.4 is 5.32 Å². The molecule has 2 rings (SSSR count). The summed E-state index contributed by atoms with van der Waals surface area (Å²) in [6.07, 6.45) is -3.04. The first kappa shape index (κ1) is 12.4. The van der Waals surface area contributed by atoms with E-state index in [4.69, 9.17) is 4.74 Å². The first-order valence-electron chi connectivity index (χ1n) is 5.50. The predicted octanol–water partition coefficient (Wildman–Crippen LogP) is 2.73. The van der Waals surface area contributed by atoms with Crippen molar-refractivity contribution in [1.29, 1.82) is 0 Å². The topological polar surface area (TPSA) is 21.3 Å². The Bertz CT molecular complexity index is 380. The Morgan fingerprint density at radius 3 is 2.71 bits per heavy atom. The zero-order valence-electron chi connectivity index (χ0n) is 9.47. The van der Waals surface area contributed by atoms with Gasteiger partial charge in [-0.3, -0.25) is 0 Å². The van der Waals surface area contributed by atoms with Gasteiger partial charge >= 0.3 is 0 Å². The zero-order chi connectivity index (χ0) is 12.4. The molecule has 1 aromatic carbocycles. The van der Waals surface area contributed by atoms with Crippen LogP contribution in [0.1, 0.15) is 29.2 Å². The maximum absolute atomic E-state index is 13.6. The van der Waals surface area contributed by atoms with Gasteiger partial charge in [-0.25, -0.2) is 13.2 Å². The lowest BCUT2D eigenvalue weighted by molar-refractivity contribution is 0.0274. The van der Waals surface area contributed by atoms with Gasteiger partial charge in [0.1, 0.15) is 5.82 Å². The summed E-state index contributed by atoms with van der Waals surface area (Å²) in [7, 11) is 0. The quantitative estimate of drug-likeness (QED) is 0.865. The van der Waals surface area contributed by atoms with E-state index in [1.807, 2.05) is 0 Å². The van der Waals surface area contributed by atoms with Crippen molar-refractivity contribution in [2.75, 3.05) is 19.7 Å². The minimum Gasteiger partial charge on any atom is -0.371 e. The molecule has 94 valence electrons. The van der Waals surface area contributed by atoms with Crippen molar-refractivity contribution in [2.24, 2.45) is 0 Å². The molecule has 0 radical (unpaired) electrons. The fourth-order valence-corrected chi connectivity index (χ4v) is 2.02.